The summed E-state index contributed by atoms with van der Waals surface area (Å²) in [6.45, 7) is 5.48. The first kappa shape index (κ1) is 22.6. The quantitative estimate of drug-likeness (QED) is 0.837. The average molecular weight is 397 g/mol. The molecule has 1 fully saturated rings. The van der Waals surface area contributed by atoms with E-state index in [2.05, 4.69) is 45.9 Å². The summed E-state index contributed by atoms with van der Waals surface area (Å²) in [5.74, 6) is 0. The zero-order valence-corrected chi connectivity index (χ0v) is 16.2. The number of hydrogen-bond acceptors (Lipinski definition) is 4. The number of thiazole rings is 1. The van der Waals surface area contributed by atoms with E-state index in [4.69, 9.17) is 4.98 Å². The van der Waals surface area contributed by atoms with Crippen molar-refractivity contribution in [2.75, 3.05) is 26.2 Å². The summed E-state index contributed by atoms with van der Waals surface area (Å²) in [7, 11) is 0. The molecule has 0 bridgehead atoms. The molecule has 0 aliphatic carbocycles. The van der Waals surface area contributed by atoms with Crippen LogP contribution in [0.5, 0.6) is 0 Å². The van der Waals surface area contributed by atoms with Gasteiger partial charge in [-0.05, 0) is 12.0 Å². The molecule has 3 nitrogen and oxygen atoms in total. The van der Waals surface area contributed by atoms with Crippen molar-refractivity contribution in [1.82, 2.24) is 15.2 Å². The van der Waals surface area contributed by atoms with Gasteiger partial charge in [0.1, 0.15) is 0 Å². The maximum Gasteiger partial charge on any atom is 0.0932 e. The van der Waals surface area contributed by atoms with Gasteiger partial charge in [0.15, 0.2) is 0 Å². The lowest BCUT2D eigenvalue weighted by molar-refractivity contribution is 0.231. The van der Waals surface area contributed by atoms with Crippen LogP contribution in [0, 0.1) is 0 Å². The second-order valence-electron chi connectivity index (χ2n) is 5.24. The summed E-state index contributed by atoms with van der Waals surface area (Å²) in [4.78, 5) is 7.25. The largest absolute Gasteiger partial charge is 0.314 e. The van der Waals surface area contributed by atoms with Crippen LogP contribution in [-0.2, 0) is 19.4 Å². The Balaban J connectivity index is 0.00000161. The van der Waals surface area contributed by atoms with Gasteiger partial charge in [0, 0.05) is 44.5 Å². The van der Waals surface area contributed by atoms with Gasteiger partial charge < -0.3 is 5.32 Å². The summed E-state index contributed by atoms with van der Waals surface area (Å²) in [6.07, 6.45) is 2.14. The fourth-order valence-corrected chi connectivity index (χ4v) is 3.32. The predicted molar refractivity (Wildman–Crippen MR) is 106 cm³/mol. The van der Waals surface area contributed by atoms with Crippen molar-refractivity contribution >= 4 is 48.6 Å². The molecule has 1 aliphatic rings. The molecule has 1 aromatic heterocycles. The van der Waals surface area contributed by atoms with Gasteiger partial charge in [0.2, 0.25) is 0 Å². The fourth-order valence-electron chi connectivity index (χ4n) is 2.53. The van der Waals surface area contributed by atoms with Gasteiger partial charge in [-0.3, -0.25) is 4.90 Å². The standard InChI is InChI=1S/C16H21N3S.3ClH/c1-2-4-14(5-3-1)6-7-16-18-15(13-20-16)12-19-10-8-17-9-11-19;;;/h1-5,13,17H,6-12H2;3*1H. The summed E-state index contributed by atoms with van der Waals surface area (Å²) in [6, 6.07) is 10.7. The number of rotatable bonds is 5. The van der Waals surface area contributed by atoms with E-state index < -0.39 is 0 Å². The van der Waals surface area contributed by atoms with Crippen LogP contribution in [0.25, 0.3) is 0 Å². The number of benzene rings is 1. The molecular weight excluding hydrogens is 373 g/mol. The van der Waals surface area contributed by atoms with Crippen LogP contribution < -0.4 is 5.32 Å². The van der Waals surface area contributed by atoms with Gasteiger partial charge in [-0.25, -0.2) is 4.98 Å². The molecule has 0 radical (unpaired) electrons. The van der Waals surface area contributed by atoms with E-state index in [0.717, 1.165) is 45.6 Å². The minimum atomic E-state index is 0. The Morgan fingerprint density at radius 3 is 2.39 bits per heavy atom. The van der Waals surface area contributed by atoms with Gasteiger partial charge in [-0.1, -0.05) is 30.3 Å². The summed E-state index contributed by atoms with van der Waals surface area (Å²) in [5, 5.41) is 6.87. The first-order chi connectivity index (χ1) is 9.90. The van der Waals surface area contributed by atoms with Crippen LogP contribution >= 0.6 is 48.6 Å². The predicted octanol–water partition coefficient (Wildman–Crippen LogP) is 3.60. The first-order valence-electron chi connectivity index (χ1n) is 7.30. The Morgan fingerprint density at radius 1 is 1.00 bits per heavy atom. The molecule has 2 heterocycles. The highest BCUT2D eigenvalue weighted by Gasteiger charge is 2.11. The lowest BCUT2D eigenvalue weighted by atomic mass is 10.1. The third kappa shape index (κ3) is 7.38. The van der Waals surface area contributed by atoms with Crippen LogP contribution in [0.2, 0.25) is 0 Å². The van der Waals surface area contributed by atoms with Crippen LogP contribution in [0.3, 0.4) is 0 Å². The Labute approximate surface area is 161 Å². The molecule has 0 atom stereocenters. The third-order valence-corrected chi connectivity index (χ3v) is 4.62. The molecule has 0 spiro atoms. The molecule has 1 aromatic carbocycles. The normalized spacial score (nSPS) is 14.3. The van der Waals surface area contributed by atoms with Crippen molar-refractivity contribution < 1.29 is 0 Å². The maximum absolute atomic E-state index is 4.78. The molecule has 0 amide bonds. The van der Waals surface area contributed by atoms with E-state index >= 15 is 0 Å². The maximum atomic E-state index is 4.78. The van der Waals surface area contributed by atoms with E-state index in [9.17, 15) is 0 Å². The zero-order valence-electron chi connectivity index (χ0n) is 12.9. The topological polar surface area (TPSA) is 28.2 Å². The summed E-state index contributed by atoms with van der Waals surface area (Å²) >= 11 is 1.80. The molecule has 2 aromatic rings. The van der Waals surface area contributed by atoms with Gasteiger partial charge in [-0.2, -0.15) is 0 Å². The Morgan fingerprint density at radius 2 is 1.70 bits per heavy atom. The Bertz CT molecular complexity index is 530. The number of aromatic nitrogens is 1. The number of halogens is 3. The van der Waals surface area contributed by atoms with Gasteiger partial charge in [-0.15, -0.1) is 48.6 Å². The zero-order chi connectivity index (χ0) is 13.6. The molecule has 1 saturated heterocycles. The van der Waals surface area contributed by atoms with Crippen LogP contribution in [0.4, 0.5) is 0 Å². The molecule has 130 valence electrons. The van der Waals surface area contributed by atoms with E-state index in [1.165, 1.54) is 16.3 Å². The van der Waals surface area contributed by atoms with E-state index in [-0.39, 0.29) is 37.2 Å². The molecule has 0 unspecified atom stereocenters. The molecule has 0 saturated carbocycles. The van der Waals surface area contributed by atoms with Crippen molar-refractivity contribution in [1.29, 1.82) is 0 Å². The van der Waals surface area contributed by atoms with Crippen LogP contribution in [-0.4, -0.2) is 36.1 Å². The minimum absolute atomic E-state index is 0. The SMILES string of the molecule is Cl.Cl.Cl.c1ccc(CCc2nc(CN3CCNCC3)cs2)cc1. The van der Waals surface area contributed by atoms with Gasteiger partial charge in [0.05, 0.1) is 10.7 Å². The molecule has 1 aliphatic heterocycles. The second-order valence-corrected chi connectivity index (χ2v) is 6.19. The van der Waals surface area contributed by atoms with Gasteiger partial charge in [0.25, 0.3) is 0 Å². The molecule has 1 N–H and O–H groups in total. The Hall–Kier alpha value is -0.360. The van der Waals surface area contributed by atoms with Crippen LogP contribution in [0.1, 0.15) is 16.3 Å². The highest BCUT2D eigenvalue weighted by Crippen LogP contribution is 2.14. The lowest BCUT2D eigenvalue weighted by Crippen LogP contribution is -2.42. The summed E-state index contributed by atoms with van der Waals surface area (Å²) < 4.78 is 0. The van der Waals surface area contributed by atoms with Crippen molar-refractivity contribution in [3.8, 4) is 0 Å². The number of hydrogen-bond donors (Lipinski definition) is 1. The monoisotopic (exact) mass is 395 g/mol. The number of piperazine rings is 1. The second kappa shape index (κ2) is 12.1. The minimum Gasteiger partial charge on any atom is -0.314 e. The van der Waals surface area contributed by atoms with E-state index in [0.29, 0.717) is 0 Å². The number of nitrogens with one attached hydrogen (secondary N) is 1. The molecule has 23 heavy (non-hydrogen) atoms. The highest BCUT2D eigenvalue weighted by atomic mass is 35.5. The highest BCUT2D eigenvalue weighted by molar-refractivity contribution is 7.09. The Kier molecular flexibility index (Phi) is 11.9. The van der Waals surface area contributed by atoms with Crippen molar-refractivity contribution in [3.05, 3.63) is 52.0 Å². The van der Waals surface area contributed by atoms with E-state index in [1.54, 1.807) is 11.3 Å². The van der Waals surface area contributed by atoms with E-state index in [1.807, 2.05) is 0 Å². The third-order valence-electron chi connectivity index (χ3n) is 3.66. The van der Waals surface area contributed by atoms with Crippen molar-refractivity contribution in [2.45, 2.75) is 19.4 Å². The average Bonchev–Trinajstić information content (AvgIpc) is 2.95. The summed E-state index contributed by atoms with van der Waals surface area (Å²) in [5.41, 5.74) is 2.63. The fraction of sp³-hybridized carbons (Fsp3) is 0.438. The smallest absolute Gasteiger partial charge is 0.0932 e. The van der Waals surface area contributed by atoms with Gasteiger partial charge >= 0.3 is 0 Å². The molecule has 3 rings (SSSR count). The molecule has 7 heteroatoms. The van der Waals surface area contributed by atoms with Crippen LogP contribution in [0.15, 0.2) is 35.7 Å². The lowest BCUT2D eigenvalue weighted by Gasteiger charge is -2.26. The molecular formula is C16H24Cl3N3S. The number of aryl methyl sites for hydroxylation is 2. The van der Waals surface area contributed by atoms with Crippen molar-refractivity contribution in [2.24, 2.45) is 0 Å². The number of nitrogens with zero attached hydrogens (tertiary/aromatic N) is 2. The first-order valence-corrected chi connectivity index (χ1v) is 8.18. The van der Waals surface area contributed by atoms with Crippen molar-refractivity contribution in [3.63, 3.8) is 0 Å².